The van der Waals surface area contributed by atoms with Crippen molar-refractivity contribution < 1.29 is 4.79 Å². The number of nitrogen functional groups attached to an aromatic ring is 1. The molecule has 0 spiro atoms. The summed E-state index contributed by atoms with van der Waals surface area (Å²) in [5, 5.41) is 2.92. The van der Waals surface area contributed by atoms with E-state index in [9.17, 15) is 4.79 Å². The van der Waals surface area contributed by atoms with Gasteiger partial charge in [0, 0.05) is 16.1 Å². The molecular weight excluding hydrogens is 220 g/mol. The molecule has 0 aliphatic carbocycles. The van der Waals surface area contributed by atoms with Crippen LogP contribution in [0, 0.1) is 0 Å². The molecule has 0 unspecified atom stereocenters. The molecule has 3 N–H and O–H groups in total. The molecule has 1 amide bonds. The monoisotopic (exact) mass is 238 g/mol. The van der Waals surface area contributed by atoms with Gasteiger partial charge in [-0.25, -0.2) is 0 Å². The van der Waals surface area contributed by atoms with Crippen LogP contribution in [0.3, 0.4) is 0 Å². The predicted molar refractivity (Wildman–Crippen MR) is 69.5 cm³/mol. The van der Waals surface area contributed by atoms with Gasteiger partial charge in [-0.2, -0.15) is 0 Å². The fourth-order valence-corrected chi connectivity index (χ4v) is 1.87. The van der Waals surface area contributed by atoms with Crippen LogP contribution in [0.15, 0.2) is 29.2 Å². The highest BCUT2D eigenvalue weighted by Crippen LogP contribution is 2.18. The van der Waals surface area contributed by atoms with Gasteiger partial charge in [-0.3, -0.25) is 4.79 Å². The SMILES string of the molecule is CC(C)(C)NC(=O)CSc1ccc(N)cc1. The average Bonchev–Trinajstić information content (AvgIpc) is 2.14. The Morgan fingerprint density at radius 2 is 1.88 bits per heavy atom. The number of amides is 1. The van der Waals surface area contributed by atoms with E-state index in [4.69, 9.17) is 5.73 Å². The number of hydrogen-bond donors (Lipinski definition) is 2. The molecule has 1 aromatic carbocycles. The van der Waals surface area contributed by atoms with Gasteiger partial charge >= 0.3 is 0 Å². The summed E-state index contributed by atoms with van der Waals surface area (Å²) in [5.74, 6) is 0.482. The molecule has 0 aromatic heterocycles. The Morgan fingerprint density at radius 3 is 2.38 bits per heavy atom. The first-order chi connectivity index (χ1) is 7.37. The number of carbonyl (C=O) groups excluding carboxylic acids is 1. The van der Waals surface area contributed by atoms with Crippen LogP contribution >= 0.6 is 11.8 Å². The molecule has 0 atom stereocenters. The first kappa shape index (κ1) is 12.9. The molecular formula is C12H18N2OS. The largest absolute Gasteiger partial charge is 0.399 e. The smallest absolute Gasteiger partial charge is 0.230 e. The van der Waals surface area contributed by atoms with Crippen LogP contribution < -0.4 is 11.1 Å². The quantitative estimate of drug-likeness (QED) is 0.627. The van der Waals surface area contributed by atoms with Gasteiger partial charge in [-0.15, -0.1) is 11.8 Å². The van der Waals surface area contributed by atoms with Crippen molar-refractivity contribution in [1.82, 2.24) is 5.32 Å². The van der Waals surface area contributed by atoms with Gasteiger partial charge in [0.25, 0.3) is 0 Å². The molecule has 0 aliphatic rings. The van der Waals surface area contributed by atoms with E-state index in [2.05, 4.69) is 5.32 Å². The van der Waals surface area contributed by atoms with Crippen molar-refractivity contribution in [3.63, 3.8) is 0 Å². The molecule has 0 fully saturated rings. The molecule has 4 heteroatoms. The van der Waals surface area contributed by atoms with Crippen molar-refractivity contribution in [3.05, 3.63) is 24.3 Å². The van der Waals surface area contributed by atoms with Crippen LogP contribution in [0.4, 0.5) is 5.69 Å². The zero-order chi connectivity index (χ0) is 12.2. The number of benzene rings is 1. The van der Waals surface area contributed by atoms with Gasteiger partial charge in [-0.05, 0) is 45.0 Å². The van der Waals surface area contributed by atoms with E-state index in [1.54, 1.807) is 0 Å². The van der Waals surface area contributed by atoms with E-state index in [0.717, 1.165) is 10.6 Å². The fourth-order valence-electron chi connectivity index (χ4n) is 1.17. The molecule has 0 bridgehead atoms. The van der Waals surface area contributed by atoms with E-state index in [0.29, 0.717) is 5.75 Å². The third kappa shape index (κ3) is 5.07. The normalized spacial score (nSPS) is 11.2. The van der Waals surface area contributed by atoms with Crippen molar-refractivity contribution in [3.8, 4) is 0 Å². The molecule has 0 aliphatic heterocycles. The number of anilines is 1. The zero-order valence-electron chi connectivity index (χ0n) is 9.91. The number of carbonyl (C=O) groups is 1. The van der Waals surface area contributed by atoms with Crippen LogP contribution in [0.25, 0.3) is 0 Å². The van der Waals surface area contributed by atoms with Gasteiger partial charge in [0.2, 0.25) is 5.91 Å². The highest BCUT2D eigenvalue weighted by Gasteiger charge is 2.13. The van der Waals surface area contributed by atoms with Crippen molar-refractivity contribution in [1.29, 1.82) is 0 Å². The van der Waals surface area contributed by atoms with Gasteiger partial charge in [0.1, 0.15) is 0 Å². The highest BCUT2D eigenvalue weighted by atomic mass is 32.2. The van der Waals surface area contributed by atoms with Crippen LogP contribution in [-0.2, 0) is 4.79 Å². The minimum absolute atomic E-state index is 0.0503. The summed E-state index contributed by atoms with van der Waals surface area (Å²) in [6.07, 6.45) is 0. The lowest BCUT2D eigenvalue weighted by molar-refractivity contribution is -0.119. The summed E-state index contributed by atoms with van der Waals surface area (Å²) in [6.45, 7) is 5.91. The Balaban J connectivity index is 2.40. The first-order valence-electron chi connectivity index (χ1n) is 5.16. The first-order valence-corrected chi connectivity index (χ1v) is 6.15. The van der Waals surface area contributed by atoms with Crippen molar-refractivity contribution in [2.45, 2.75) is 31.2 Å². The maximum absolute atomic E-state index is 11.5. The maximum atomic E-state index is 11.5. The minimum Gasteiger partial charge on any atom is -0.399 e. The second-order valence-electron chi connectivity index (χ2n) is 4.66. The molecule has 0 heterocycles. The van der Waals surface area contributed by atoms with Crippen LogP contribution in [0.1, 0.15) is 20.8 Å². The summed E-state index contributed by atoms with van der Waals surface area (Å²) >= 11 is 1.51. The Labute approximate surface area is 101 Å². The standard InChI is InChI=1S/C12H18N2OS/c1-12(2,3)14-11(15)8-16-10-6-4-9(13)5-7-10/h4-7H,8,13H2,1-3H3,(H,14,15). The minimum atomic E-state index is -0.168. The number of thioether (sulfide) groups is 1. The summed E-state index contributed by atoms with van der Waals surface area (Å²) in [7, 11) is 0. The third-order valence-corrected chi connectivity index (χ3v) is 2.78. The second-order valence-corrected chi connectivity index (χ2v) is 5.70. The van der Waals surface area contributed by atoms with Crippen molar-refractivity contribution >= 4 is 23.4 Å². The molecule has 16 heavy (non-hydrogen) atoms. The highest BCUT2D eigenvalue weighted by molar-refractivity contribution is 8.00. The van der Waals surface area contributed by atoms with E-state index >= 15 is 0 Å². The molecule has 0 radical (unpaired) electrons. The fraction of sp³-hybridized carbons (Fsp3) is 0.417. The average molecular weight is 238 g/mol. The predicted octanol–water partition coefficient (Wildman–Crippen LogP) is 2.28. The Bertz CT molecular complexity index is 354. The number of nitrogens with two attached hydrogens (primary N) is 1. The third-order valence-electron chi connectivity index (χ3n) is 1.76. The van der Waals surface area contributed by atoms with Crippen molar-refractivity contribution in [2.75, 3.05) is 11.5 Å². The summed E-state index contributed by atoms with van der Waals surface area (Å²) in [4.78, 5) is 12.6. The van der Waals surface area contributed by atoms with E-state index in [1.807, 2.05) is 45.0 Å². The molecule has 1 rings (SSSR count). The van der Waals surface area contributed by atoms with E-state index < -0.39 is 0 Å². The number of hydrogen-bond acceptors (Lipinski definition) is 3. The lowest BCUT2D eigenvalue weighted by Gasteiger charge is -2.20. The summed E-state index contributed by atoms with van der Waals surface area (Å²) in [6, 6.07) is 7.52. The van der Waals surface area contributed by atoms with Crippen LogP contribution in [0.5, 0.6) is 0 Å². The molecule has 3 nitrogen and oxygen atoms in total. The van der Waals surface area contributed by atoms with Crippen LogP contribution in [-0.4, -0.2) is 17.2 Å². The lowest BCUT2D eigenvalue weighted by atomic mass is 10.1. The van der Waals surface area contributed by atoms with Gasteiger partial charge in [-0.1, -0.05) is 0 Å². The van der Waals surface area contributed by atoms with Crippen LogP contribution in [0.2, 0.25) is 0 Å². The summed E-state index contributed by atoms with van der Waals surface area (Å²) < 4.78 is 0. The number of nitrogens with one attached hydrogen (secondary N) is 1. The lowest BCUT2D eigenvalue weighted by Crippen LogP contribution is -2.41. The molecule has 88 valence electrons. The van der Waals surface area contributed by atoms with Crippen molar-refractivity contribution in [2.24, 2.45) is 0 Å². The van der Waals surface area contributed by atoms with Gasteiger partial charge in [0.05, 0.1) is 5.75 Å². The Morgan fingerprint density at radius 1 is 1.31 bits per heavy atom. The topological polar surface area (TPSA) is 55.1 Å². The Kier molecular flexibility index (Phi) is 4.24. The van der Waals surface area contributed by atoms with Gasteiger partial charge in [0.15, 0.2) is 0 Å². The molecule has 0 saturated carbocycles. The molecule has 0 saturated heterocycles. The van der Waals surface area contributed by atoms with E-state index in [-0.39, 0.29) is 11.4 Å². The van der Waals surface area contributed by atoms with Gasteiger partial charge < -0.3 is 11.1 Å². The zero-order valence-corrected chi connectivity index (χ0v) is 10.7. The number of rotatable bonds is 3. The Hall–Kier alpha value is -1.16. The maximum Gasteiger partial charge on any atom is 0.230 e. The molecule has 1 aromatic rings. The second kappa shape index (κ2) is 5.25. The van der Waals surface area contributed by atoms with E-state index in [1.165, 1.54) is 11.8 Å². The summed E-state index contributed by atoms with van der Waals surface area (Å²) in [5.41, 5.74) is 6.15.